The molecule has 0 aliphatic heterocycles. The van der Waals surface area contributed by atoms with Gasteiger partial charge in [-0.25, -0.2) is 0 Å². The molecule has 7 heteroatoms. The van der Waals surface area contributed by atoms with Crippen LogP contribution in [0.5, 0.6) is 0 Å². The van der Waals surface area contributed by atoms with E-state index in [0.29, 0.717) is 0 Å². The molecular weight excluding hydrogens is 756 g/mol. The van der Waals surface area contributed by atoms with E-state index >= 15 is 0 Å². The van der Waals surface area contributed by atoms with E-state index in [1.807, 2.05) is 0 Å². The third-order valence-corrected chi connectivity index (χ3v) is 10.8. The summed E-state index contributed by atoms with van der Waals surface area (Å²) >= 11 is -0.106. The van der Waals surface area contributed by atoms with Crippen LogP contribution in [-0.4, -0.2) is 5.78 Å². The fraction of sp³-hybridized carbons (Fsp3) is 0.0541. The van der Waals surface area contributed by atoms with E-state index in [1.165, 1.54) is 46.4 Å². The average molecular weight is 790 g/mol. The van der Waals surface area contributed by atoms with Gasteiger partial charge in [-0.15, -0.1) is 0 Å². The van der Waals surface area contributed by atoms with Gasteiger partial charge in [0.2, 0.25) is 0 Å². The van der Waals surface area contributed by atoms with Crippen LogP contribution in [0.25, 0.3) is 0 Å². The second kappa shape index (κ2) is 23.5. The Balaban J connectivity index is 0.000000249. The predicted molar refractivity (Wildman–Crippen MR) is 187 cm³/mol. The molecule has 0 saturated heterocycles. The van der Waals surface area contributed by atoms with Crippen molar-refractivity contribution in [3.63, 3.8) is 0 Å². The van der Waals surface area contributed by atoms with Gasteiger partial charge in [-0.05, 0) is 102 Å². The molecule has 2 aliphatic rings. The van der Waals surface area contributed by atoms with Gasteiger partial charge in [-0.1, -0.05) is 121 Å². The van der Waals surface area contributed by atoms with Gasteiger partial charge >= 0.3 is 35.0 Å². The van der Waals surface area contributed by atoms with Gasteiger partial charge in [-0.2, -0.15) is 0 Å². The van der Waals surface area contributed by atoms with E-state index < -0.39 is 15.8 Å². The molecule has 0 aromatic heterocycles. The number of carbonyl (C=O) groups is 1. The second-order valence-corrected chi connectivity index (χ2v) is 16.1. The van der Waals surface area contributed by atoms with Crippen LogP contribution in [0.1, 0.15) is 13.8 Å². The number of halogens is 2. The summed E-state index contributed by atoms with van der Waals surface area (Å²) in [7, 11) is 8.81. The van der Waals surface area contributed by atoms with Crippen molar-refractivity contribution in [3.8, 4) is 0 Å². The van der Waals surface area contributed by atoms with Gasteiger partial charge in [0.1, 0.15) is 5.78 Å². The number of rotatable bonds is 6. The van der Waals surface area contributed by atoms with Gasteiger partial charge in [0, 0.05) is 28.4 Å². The number of hydrogen-bond donors (Lipinski definition) is 0. The van der Waals surface area contributed by atoms with Crippen molar-refractivity contribution in [3.05, 3.63) is 184 Å². The monoisotopic (exact) mass is 788 g/mol. The zero-order valence-corrected chi connectivity index (χ0v) is 30.4. The first-order valence-corrected chi connectivity index (χ1v) is 20.3. The maximum absolute atomic E-state index is 9.44. The minimum absolute atomic E-state index is 0. The normalized spacial score (nSPS) is 14.4. The first-order chi connectivity index (χ1) is 21.0. The molecule has 0 atom stereocenters. The standard InChI is InChI=1S/2C17H14P.C3H6O.2ClH.Fe.Pd/c2*1-3-9-15(10-4-1)18(17-13-7-8-14-17)16-11-5-2-6-12-16;1-3(2)4;;;;/h2*1-14H;1-2H3;2*1H;;/q;;;;;;+2/p-2. The molecule has 1 nitrogen and oxygen atoms in total. The molecule has 6 rings (SSSR count). The maximum atomic E-state index is 9.44. The maximum Gasteiger partial charge on any atom is 0 e. The molecule has 0 spiro atoms. The van der Waals surface area contributed by atoms with Crippen LogP contribution in [0.4, 0.5) is 0 Å². The van der Waals surface area contributed by atoms with Gasteiger partial charge in [0.15, 0.2) is 0 Å². The van der Waals surface area contributed by atoms with Crippen molar-refractivity contribution < 1.29 is 37.8 Å². The van der Waals surface area contributed by atoms with E-state index in [-0.39, 0.29) is 38.8 Å². The minimum atomic E-state index is -0.409. The Kier molecular flexibility index (Phi) is 21.0. The van der Waals surface area contributed by atoms with E-state index in [1.54, 1.807) is 0 Å². The molecule has 0 heterocycles. The average Bonchev–Trinajstić information content (AvgIpc) is 3.76. The Morgan fingerprint density at radius 1 is 0.477 bits per heavy atom. The summed E-state index contributed by atoms with van der Waals surface area (Å²) in [5.74, 6) is 0.167. The molecule has 2 aliphatic carbocycles. The summed E-state index contributed by atoms with van der Waals surface area (Å²) in [4.78, 5) is 9.44. The van der Waals surface area contributed by atoms with Crippen LogP contribution >= 0.6 is 34.9 Å². The third kappa shape index (κ3) is 13.9. The molecule has 4 aromatic rings. The van der Waals surface area contributed by atoms with Crippen molar-refractivity contribution >= 4 is 61.9 Å². The number of Topliss-reactive ketones (excluding diaryl/α,β-unsaturated/α-hetero) is 1. The zero-order valence-electron chi connectivity index (χ0n) is 24.4. The molecule has 0 N–H and O–H groups in total. The van der Waals surface area contributed by atoms with Crippen LogP contribution in [-0.2, 0) is 37.8 Å². The van der Waals surface area contributed by atoms with Crippen molar-refractivity contribution in [1.29, 1.82) is 0 Å². The molecule has 2 fully saturated rings. The van der Waals surface area contributed by atoms with Crippen molar-refractivity contribution in [2.24, 2.45) is 0 Å². The molecule has 2 saturated carbocycles. The van der Waals surface area contributed by atoms with Crippen LogP contribution < -0.4 is 21.2 Å². The Hall–Kier alpha value is -0.828. The smallest absolute Gasteiger partial charge is 0 e. The quantitative estimate of drug-likeness (QED) is 0.141. The number of ketones is 1. The van der Waals surface area contributed by atoms with Crippen molar-refractivity contribution in [2.75, 3.05) is 0 Å². The van der Waals surface area contributed by atoms with Crippen molar-refractivity contribution in [2.45, 2.75) is 13.8 Å². The Morgan fingerprint density at radius 3 is 0.841 bits per heavy atom. The largest absolute Gasteiger partial charge is 0 e. The van der Waals surface area contributed by atoms with Gasteiger partial charge in [-0.3, -0.25) is 0 Å². The third-order valence-electron chi connectivity index (χ3n) is 5.86. The zero-order chi connectivity index (χ0) is 30.7. The molecule has 0 amide bonds. The van der Waals surface area contributed by atoms with Crippen LogP contribution in [0, 0.1) is 62.7 Å². The molecule has 4 aromatic carbocycles. The molecular formula is C37H34Cl2FeOP2Pd. The summed E-state index contributed by atoms with van der Waals surface area (Å²) in [5.41, 5.74) is 2.84. The van der Waals surface area contributed by atoms with Crippen LogP contribution in [0.3, 0.4) is 0 Å². The fourth-order valence-corrected chi connectivity index (χ4v) is 8.84. The first kappa shape index (κ1) is 39.4. The molecule has 10 radical (unpaired) electrons. The van der Waals surface area contributed by atoms with Gasteiger partial charge in [0.05, 0.1) is 0 Å². The van der Waals surface area contributed by atoms with Gasteiger partial charge < -0.3 is 4.79 Å². The summed E-state index contributed by atoms with van der Waals surface area (Å²) in [6.07, 6.45) is 17.4. The Morgan fingerprint density at radius 2 is 0.659 bits per heavy atom. The van der Waals surface area contributed by atoms with E-state index in [9.17, 15) is 4.79 Å². The Bertz CT molecular complexity index is 1100. The molecule has 44 heavy (non-hydrogen) atoms. The van der Waals surface area contributed by atoms with Crippen molar-refractivity contribution in [1.82, 2.24) is 0 Å². The summed E-state index contributed by atoms with van der Waals surface area (Å²) in [6, 6.07) is 43.1. The van der Waals surface area contributed by atoms with E-state index in [2.05, 4.69) is 173 Å². The van der Waals surface area contributed by atoms with Crippen LogP contribution in [0.15, 0.2) is 121 Å². The van der Waals surface area contributed by atoms with E-state index in [0.717, 1.165) is 0 Å². The molecule has 0 bridgehead atoms. The molecule has 0 unspecified atom stereocenters. The van der Waals surface area contributed by atoms with Crippen LogP contribution in [0.2, 0.25) is 0 Å². The SMILES string of the molecule is CC(C)=O.[CH]1[CH][CH][C](P(c2ccccc2)c2ccccc2)[CH]1.[CH]1[CH][CH][C](P(c2ccccc2)c2ccccc2)[CH]1.[Cl][Pd][Cl].[Fe]. The Labute approximate surface area is 295 Å². The minimum Gasteiger partial charge on any atom is 0 e. The molecule has 230 valence electrons. The number of carbonyl (C=O) groups excluding carboxylic acids is 1. The summed E-state index contributed by atoms with van der Waals surface area (Å²) < 4.78 is 0. The summed E-state index contributed by atoms with van der Waals surface area (Å²) in [5, 5.41) is 5.63. The first-order valence-electron chi connectivity index (χ1n) is 13.6. The number of benzene rings is 4. The second-order valence-electron chi connectivity index (χ2n) is 9.25. The predicted octanol–water partition coefficient (Wildman–Crippen LogP) is 8.93. The number of hydrogen-bond acceptors (Lipinski definition) is 1. The fourth-order valence-electron chi connectivity index (χ4n) is 4.23. The topological polar surface area (TPSA) is 17.1 Å². The van der Waals surface area contributed by atoms with E-state index in [4.69, 9.17) is 19.1 Å². The summed E-state index contributed by atoms with van der Waals surface area (Å²) in [6.45, 7) is 3.06. The van der Waals surface area contributed by atoms with Gasteiger partial charge in [0.25, 0.3) is 0 Å².